The molecule has 286 valence electrons. The van der Waals surface area contributed by atoms with Gasteiger partial charge in [-0.05, 0) is 134 Å². The number of anilines is 3. The molecule has 0 amide bonds. The van der Waals surface area contributed by atoms with E-state index in [9.17, 15) is 0 Å². The van der Waals surface area contributed by atoms with Crippen LogP contribution in [0, 0.1) is 11.8 Å². The molecular weight excluding hydrogens is 711 g/mol. The van der Waals surface area contributed by atoms with Gasteiger partial charge in [-0.3, -0.25) is 0 Å². The lowest BCUT2D eigenvalue weighted by molar-refractivity contribution is 0.118. The Kier molecular flexibility index (Phi) is 7.77. The number of hydrogen-bond acceptors (Lipinski definition) is 1. The molecule has 1 heteroatoms. The quantitative estimate of drug-likeness (QED) is 0.169. The van der Waals surface area contributed by atoms with E-state index in [2.05, 4.69) is 195 Å². The van der Waals surface area contributed by atoms with Gasteiger partial charge in [-0.25, -0.2) is 0 Å². The first-order valence-corrected chi connectivity index (χ1v) is 22.0. The summed E-state index contributed by atoms with van der Waals surface area (Å²) in [7, 11) is 0. The van der Waals surface area contributed by atoms with Crippen molar-refractivity contribution in [2.45, 2.75) is 63.2 Å². The van der Waals surface area contributed by atoms with E-state index in [1.165, 1.54) is 116 Å². The molecule has 12 rings (SSSR count). The Balaban J connectivity index is 1.10. The van der Waals surface area contributed by atoms with Crippen molar-refractivity contribution in [3.8, 4) is 44.5 Å². The molecule has 0 radical (unpaired) electrons. The fourth-order valence-electron chi connectivity index (χ4n) is 12.6. The number of nitrogens with zero attached hydrogens (tertiary/aromatic N) is 1. The molecule has 2 saturated carbocycles. The van der Waals surface area contributed by atoms with Gasteiger partial charge in [0.05, 0.1) is 11.4 Å². The van der Waals surface area contributed by atoms with Crippen molar-refractivity contribution in [1.82, 2.24) is 0 Å². The summed E-state index contributed by atoms with van der Waals surface area (Å²) >= 11 is 0. The van der Waals surface area contributed by atoms with Crippen molar-refractivity contribution in [2.24, 2.45) is 11.8 Å². The third-order valence-corrected chi connectivity index (χ3v) is 15.1. The van der Waals surface area contributed by atoms with Gasteiger partial charge in [0.2, 0.25) is 0 Å². The second-order valence-electron chi connectivity index (χ2n) is 18.3. The normalized spacial score (nSPS) is 20.5. The molecule has 4 aliphatic carbocycles. The van der Waals surface area contributed by atoms with E-state index < -0.39 is 0 Å². The maximum absolute atomic E-state index is 2.57. The van der Waals surface area contributed by atoms with Gasteiger partial charge >= 0.3 is 0 Å². The molecule has 0 heterocycles. The summed E-state index contributed by atoms with van der Waals surface area (Å²) in [5, 5.41) is 2.57. The topological polar surface area (TPSA) is 3.24 Å². The second-order valence-corrected chi connectivity index (χ2v) is 18.3. The summed E-state index contributed by atoms with van der Waals surface area (Å²) in [6.07, 6.45) is 8.05. The third-order valence-electron chi connectivity index (χ3n) is 15.1. The summed E-state index contributed by atoms with van der Waals surface area (Å²) in [4.78, 5) is 2.57. The standard InChI is InChI=1S/C58H49N/c1-57(2)51-30-8-6-22-45(51)50-29-15-33-54(56(50)57)59(42-21-11-19-40(37-42)39-17-4-3-5-18-39)53-32-14-25-43-44(24-12-26-47(43)53)48-27-13-28-49-46-23-7-9-31-52(46)58(55(48)49)35-34-38-16-10-20-41(58)36-38/h3-9,11-15,17-19,21-33,37-38,41H,10,16,20,34-36H2,1-2H3/t38?,41-,58+/m0/s1. The van der Waals surface area contributed by atoms with Crippen molar-refractivity contribution in [1.29, 1.82) is 0 Å². The molecule has 1 unspecified atom stereocenters. The Bertz CT molecular complexity index is 2950. The Morgan fingerprint density at radius 2 is 1.05 bits per heavy atom. The summed E-state index contributed by atoms with van der Waals surface area (Å²) in [6.45, 7) is 4.81. The largest absolute Gasteiger partial charge is 0.310 e. The first-order valence-electron chi connectivity index (χ1n) is 22.0. The van der Waals surface area contributed by atoms with E-state index >= 15 is 0 Å². The third kappa shape index (κ3) is 5.04. The number of hydrogen-bond donors (Lipinski definition) is 0. The molecule has 0 aromatic heterocycles. The number of rotatable bonds is 5. The molecule has 2 bridgehead atoms. The smallest absolute Gasteiger partial charge is 0.0540 e. The van der Waals surface area contributed by atoms with Crippen LogP contribution >= 0.6 is 0 Å². The molecule has 8 aromatic carbocycles. The van der Waals surface area contributed by atoms with Crippen molar-refractivity contribution < 1.29 is 0 Å². The van der Waals surface area contributed by atoms with Crippen LogP contribution in [0.1, 0.15) is 74.6 Å². The first kappa shape index (κ1) is 34.8. The van der Waals surface area contributed by atoms with Crippen LogP contribution in [0.4, 0.5) is 17.1 Å². The van der Waals surface area contributed by atoms with E-state index in [-0.39, 0.29) is 10.8 Å². The van der Waals surface area contributed by atoms with Crippen LogP contribution in [0.2, 0.25) is 0 Å². The molecule has 1 nitrogen and oxygen atoms in total. The van der Waals surface area contributed by atoms with Crippen LogP contribution in [0.5, 0.6) is 0 Å². The van der Waals surface area contributed by atoms with E-state index in [1.807, 2.05) is 0 Å². The Morgan fingerprint density at radius 3 is 1.90 bits per heavy atom. The van der Waals surface area contributed by atoms with Gasteiger partial charge < -0.3 is 4.90 Å². The lowest BCUT2D eigenvalue weighted by atomic mass is 9.54. The monoisotopic (exact) mass is 759 g/mol. The molecule has 0 saturated heterocycles. The number of benzene rings is 8. The Hall–Kier alpha value is -6.18. The Labute approximate surface area is 349 Å². The minimum absolute atomic E-state index is 0.0638. The maximum atomic E-state index is 2.57. The van der Waals surface area contributed by atoms with Crippen molar-refractivity contribution >= 4 is 27.8 Å². The highest BCUT2D eigenvalue weighted by atomic mass is 15.1. The molecule has 2 fully saturated rings. The molecule has 4 aliphatic rings. The van der Waals surface area contributed by atoms with Crippen LogP contribution in [0.3, 0.4) is 0 Å². The molecule has 59 heavy (non-hydrogen) atoms. The summed E-state index contributed by atoms with van der Waals surface area (Å²) in [5.41, 5.74) is 20.2. The highest BCUT2D eigenvalue weighted by Crippen LogP contribution is 2.64. The van der Waals surface area contributed by atoms with Gasteiger partial charge in [0, 0.05) is 21.9 Å². The van der Waals surface area contributed by atoms with Gasteiger partial charge in [-0.15, -0.1) is 0 Å². The van der Waals surface area contributed by atoms with Gasteiger partial charge in [-0.2, -0.15) is 0 Å². The summed E-state index contributed by atoms with van der Waals surface area (Å²) < 4.78 is 0. The van der Waals surface area contributed by atoms with E-state index in [0.717, 1.165) is 11.6 Å². The molecular formula is C58H49N. The second kappa shape index (κ2) is 13.2. The van der Waals surface area contributed by atoms with Gasteiger partial charge in [0.1, 0.15) is 0 Å². The molecule has 0 N–H and O–H groups in total. The molecule has 8 aromatic rings. The average Bonchev–Trinajstić information content (AvgIpc) is 3.71. The van der Waals surface area contributed by atoms with E-state index in [4.69, 9.17) is 0 Å². The van der Waals surface area contributed by atoms with Crippen LogP contribution < -0.4 is 4.90 Å². The predicted molar refractivity (Wildman–Crippen MR) is 248 cm³/mol. The molecule has 1 spiro atoms. The lowest BCUT2D eigenvalue weighted by Gasteiger charge is -2.49. The minimum Gasteiger partial charge on any atom is -0.310 e. The molecule has 0 aliphatic heterocycles. The van der Waals surface area contributed by atoms with Crippen molar-refractivity contribution in [2.75, 3.05) is 4.90 Å². The predicted octanol–water partition coefficient (Wildman–Crippen LogP) is 15.8. The van der Waals surface area contributed by atoms with Crippen molar-refractivity contribution in [3.05, 3.63) is 198 Å². The van der Waals surface area contributed by atoms with E-state index in [1.54, 1.807) is 11.1 Å². The van der Waals surface area contributed by atoms with Crippen LogP contribution in [0.15, 0.2) is 176 Å². The first-order chi connectivity index (χ1) is 29.0. The minimum atomic E-state index is -0.181. The number of fused-ring (bicyclic) bond motifs is 12. The zero-order chi connectivity index (χ0) is 39.3. The van der Waals surface area contributed by atoms with Crippen molar-refractivity contribution in [3.63, 3.8) is 0 Å². The average molecular weight is 760 g/mol. The van der Waals surface area contributed by atoms with Gasteiger partial charge in [-0.1, -0.05) is 178 Å². The SMILES string of the molecule is CC1(C)c2ccccc2-c2cccc(N(c3cccc(-c4ccccc4)c3)c3cccc4c(-c5cccc6c5[C@@]5(CCC7CCC[C@H]5C7)c5ccccc5-6)cccc34)c21. The highest BCUT2D eigenvalue weighted by molar-refractivity contribution is 6.08. The Morgan fingerprint density at radius 1 is 0.458 bits per heavy atom. The zero-order valence-corrected chi connectivity index (χ0v) is 34.1. The van der Waals surface area contributed by atoms with Crippen LogP contribution in [-0.2, 0) is 10.8 Å². The lowest BCUT2D eigenvalue weighted by Crippen LogP contribution is -2.42. The fraction of sp³-hybridized carbons (Fsp3) is 0.207. The molecule has 3 atom stereocenters. The van der Waals surface area contributed by atoms with Crippen LogP contribution in [0.25, 0.3) is 55.3 Å². The maximum Gasteiger partial charge on any atom is 0.0540 e. The highest BCUT2D eigenvalue weighted by Gasteiger charge is 2.53. The van der Waals surface area contributed by atoms with Gasteiger partial charge in [0.25, 0.3) is 0 Å². The summed E-state index contributed by atoms with van der Waals surface area (Å²) in [6, 6.07) is 66.7. The van der Waals surface area contributed by atoms with E-state index in [0.29, 0.717) is 5.92 Å². The zero-order valence-electron chi connectivity index (χ0n) is 34.1. The van der Waals surface area contributed by atoms with Crippen LogP contribution in [-0.4, -0.2) is 0 Å². The summed E-state index contributed by atoms with van der Waals surface area (Å²) in [5.74, 6) is 1.57. The van der Waals surface area contributed by atoms with Gasteiger partial charge in [0.15, 0.2) is 0 Å². The fourth-order valence-corrected chi connectivity index (χ4v) is 12.6.